The van der Waals surface area contributed by atoms with Crippen LogP contribution in [0.2, 0.25) is 0 Å². The first kappa shape index (κ1) is 17.8. The minimum Gasteiger partial charge on any atom is -0.481 e. The Balaban J connectivity index is 2.03. The van der Waals surface area contributed by atoms with E-state index in [9.17, 15) is 13.2 Å². The molecule has 1 heterocycles. The lowest BCUT2D eigenvalue weighted by molar-refractivity contribution is -0.129. The quantitative estimate of drug-likeness (QED) is 0.474. The maximum absolute atomic E-state index is 13.0. The summed E-state index contributed by atoms with van der Waals surface area (Å²) >= 11 is 0. The van der Waals surface area contributed by atoms with Gasteiger partial charge in [-0.3, -0.25) is 14.3 Å². The van der Waals surface area contributed by atoms with Gasteiger partial charge in [-0.2, -0.15) is 0 Å². The number of rotatable bonds is 5. The number of fused-ring (bicyclic) bond motifs is 1. The number of nitrogens with zero attached hydrogens (tertiary/aromatic N) is 1. The van der Waals surface area contributed by atoms with E-state index in [1.807, 2.05) is 0 Å². The zero-order chi connectivity index (χ0) is 18.7. The van der Waals surface area contributed by atoms with Gasteiger partial charge in [-0.25, -0.2) is 13.9 Å². The molecule has 8 heteroatoms. The van der Waals surface area contributed by atoms with E-state index < -0.39 is 22.0 Å². The molecule has 26 heavy (non-hydrogen) atoms. The summed E-state index contributed by atoms with van der Waals surface area (Å²) in [5.74, 6) is 2.17. The van der Waals surface area contributed by atoms with E-state index in [0.717, 1.165) is 0 Å². The van der Waals surface area contributed by atoms with Crippen molar-refractivity contribution in [2.45, 2.75) is 17.4 Å². The molecule has 1 aliphatic heterocycles. The van der Waals surface area contributed by atoms with Crippen LogP contribution in [-0.4, -0.2) is 26.1 Å². The van der Waals surface area contributed by atoms with Crippen LogP contribution in [0.25, 0.3) is 0 Å². The smallest absolute Gasteiger partial charge is 0.265 e. The molecule has 1 aliphatic rings. The van der Waals surface area contributed by atoms with Crippen LogP contribution in [-0.2, 0) is 14.8 Å². The average Bonchev–Trinajstić information content (AvgIpc) is 2.87. The minimum absolute atomic E-state index is 0.103. The van der Waals surface area contributed by atoms with Gasteiger partial charge >= 0.3 is 0 Å². The molecule has 0 aromatic heterocycles. The average molecular weight is 372 g/mol. The number of ether oxygens (including phenoxy) is 1. The summed E-state index contributed by atoms with van der Waals surface area (Å²) in [6.07, 6.45) is 4.93. The van der Waals surface area contributed by atoms with Gasteiger partial charge in [0.2, 0.25) is 5.91 Å². The van der Waals surface area contributed by atoms with Gasteiger partial charge in [0.25, 0.3) is 10.0 Å². The second-order valence-electron chi connectivity index (χ2n) is 5.58. The Hall–Kier alpha value is -3.02. The topological polar surface area (TPSA) is 95.9 Å². The molecule has 1 atom stereocenters. The van der Waals surface area contributed by atoms with Gasteiger partial charge in [-0.1, -0.05) is 24.1 Å². The van der Waals surface area contributed by atoms with E-state index in [4.69, 9.17) is 16.4 Å². The van der Waals surface area contributed by atoms with E-state index >= 15 is 0 Å². The van der Waals surface area contributed by atoms with Gasteiger partial charge in [0.05, 0.1) is 23.0 Å². The first-order valence-corrected chi connectivity index (χ1v) is 9.15. The lowest BCUT2D eigenvalue weighted by Crippen LogP contribution is -2.32. The molecule has 0 fully saturated rings. The summed E-state index contributed by atoms with van der Waals surface area (Å²) in [5.41, 5.74) is 2.44. The number of carbonyl (C=O) groups excluding carboxylic acids is 1. The van der Waals surface area contributed by atoms with E-state index in [-0.39, 0.29) is 17.9 Å². The van der Waals surface area contributed by atoms with Crippen LogP contribution < -0.4 is 14.5 Å². The van der Waals surface area contributed by atoms with Crippen molar-refractivity contribution >= 4 is 21.6 Å². The summed E-state index contributed by atoms with van der Waals surface area (Å²) in [7, 11) is -3.83. The number of carbonyl (C=O) groups is 1. The molecule has 7 nitrogen and oxygen atoms in total. The van der Waals surface area contributed by atoms with Crippen molar-refractivity contribution < 1.29 is 23.2 Å². The first-order chi connectivity index (χ1) is 12.5. The molecule has 3 rings (SSSR count). The van der Waals surface area contributed by atoms with Crippen LogP contribution in [0.5, 0.6) is 5.75 Å². The SMILES string of the molecule is C#CCOc1ccc(N2C(CC(=O)NO)c3ccccc3S2(=O)=O)cc1. The van der Waals surface area contributed by atoms with Crippen LogP contribution in [0.4, 0.5) is 5.69 Å². The Morgan fingerprint density at radius 2 is 1.92 bits per heavy atom. The second-order valence-corrected chi connectivity index (χ2v) is 7.36. The third kappa shape index (κ3) is 3.10. The number of sulfonamides is 1. The fourth-order valence-corrected chi connectivity index (χ4v) is 4.82. The summed E-state index contributed by atoms with van der Waals surface area (Å²) in [5, 5.41) is 8.85. The number of hydrogen-bond donors (Lipinski definition) is 2. The van der Waals surface area contributed by atoms with Crippen molar-refractivity contribution in [1.29, 1.82) is 0 Å². The molecule has 0 bridgehead atoms. The number of hydroxylamine groups is 1. The molecule has 0 spiro atoms. The lowest BCUT2D eigenvalue weighted by atomic mass is 10.0. The Labute approximate surface area is 151 Å². The highest BCUT2D eigenvalue weighted by Gasteiger charge is 2.43. The molecule has 1 amide bonds. The standard InChI is InChI=1S/C18H16N2O5S/c1-2-11-25-14-9-7-13(8-10-14)20-16(12-18(21)19-22)15-5-3-4-6-17(15)26(20,23)24/h1,3-10,16,22H,11-12H2,(H,19,21). The number of anilines is 1. The predicted molar refractivity (Wildman–Crippen MR) is 94.2 cm³/mol. The van der Waals surface area contributed by atoms with E-state index in [2.05, 4.69) is 5.92 Å². The molecule has 134 valence electrons. The van der Waals surface area contributed by atoms with Crippen molar-refractivity contribution in [2.75, 3.05) is 10.9 Å². The van der Waals surface area contributed by atoms with Crippen molar-refractivity contribution in [3.63, 3.8) is 0 Å². The molecule has 0 saturated heterocycles. The Morgan fingerprint density at radius 1 is 1.23 bits per heavy atom. The van der Waals surface area contributed by atoms with Crippen LogP contribution in [0.15, 0.2) is 53.4 Å². The molecular weight excluding hydrogens is 356 g/mol. The largest absolute Gasteiger partial charge is 0.481 e. The first-order valence-electron chi connectivity index (χ1n) is 7.71. The van der Waals surface area contributed by atoms with E-state index in [0.29, 0.717) is 17.0 Å². The van der Waals surface area contributed by atoms with Gasteiger partial charge in [-0.15, -0.1) is 6.42 Å². The van der Waals surface area contributed by atoms with Gasteiger partial charge in [0.1, 0.15) is 12.4 Å². The maximum Gasteiger partial charge on any atom is 0.265 e. The zero-order valence-electron chi connectivity index (χ0n) is 13.6. The van der Waals surface area contributed by atoms with Crippen LogP contribution >= 0.6 is 0 Å². The molecule has 2 aromatic rings. The molecule has 2 N–H and O–H groups in total. The molecule has 0 aliphatic carbocycles. The van der Waals surface area contributed by atoms with Crippen molar-refractivity contribution in [3.8, 4) is 18.1 Å². The van der Waals surface area contributed by atoms with Gasteiger partial charge < -0.3 is 4.74 Å². The molecule has 0 radical (unpaired) electrons. The summed E-state index contributed by atoms with van der Waals surface area (Å²) in [6, 6.07) is 12.1. The highest BCUT2D eigenvalue weighted by molar-refractivity contribution is 7.93. The Bertz CT molecular complexity index is 964. The van der Waals surface area contributed by atoms with Gasteiger partial charge in [0, 0.05) is 0 Å². The number of terminal acetylenes is 1. The van der Waals surface area contributed by atoms with Gasteiger partial charge in [0.15, 0.2) is 0 Å². The highest BCUT2D eigenvalue weighted by atomic mass is 32.2. The van der Waals surface area contributed by atoms with Crippen LogP contribution in [0, 0.1) is 12.3 Å². The normalized spacial score (nSPS) is 17.2. The summed E-state index contributed by atoms with van der Waals surface area (Å²) in [6.45, 7) is 0.103. The number of amides is 1. The minimum atomic E-state index is -3.83. The van der Waals surface area contributed by atoms with Crippen LogP contribution in [0.1, 0.15) is 18.0 Å². The van der Waals surface area contributed by atoms with Crippen molar-refractivity contribution in [1.82, 2.24) is 5.48 Å². The van der Waals surface area contributed by atoms with Crippen molar-refractivity contribution in [3.05, 3.63) is 54.1 Å². The zero-order valence-corrected chi connectivity index (χ0v) is 14.4. The molecule has 2 aromatic carbocycles. The Kier molecular flexibility index (Phi) is 4.84. The summed E-state index contributed by atoms with van der Waals surface area (Å²) in [4.78, 5) is 11.9. The molecule has 1 unspecified atom stereocenters. The monoisotopic (exact) mass is 372 g/mol. The Morgan fingerprint density at radius 3 is 2.58 bits per heavy atom. The maximum atomic E-state index is 13.0. The van der Waals surface area contributed by atoms with Crippen molar-refractivity contribution in [2.24, 2.45) is 0 Å². The number of hydrogen-bond acceptors (Lipinski definition) is 5. The predicted octanol–water partition coefficient (Wildman–Crippen LogP) is 1.84. The number of nitrogens with one attached hydrogen (secondary N) is 1. The third-order valence-electron chi connectivity index (χ3n) is 4.01. The van der Waals surface area contributed by atoms with E-state index in [1.165, 1.54) is 10.4 Å². The molecule has 0 saturated carbocycles. The second kappa shape index (κ2) is 7.07. The fourth-order valence-electron chi connectivity index (χ4n) is 2.94. The third-order valence-corrected chi connectivity index (χ3v) is 5.93. The molecular formula is C18H16N2O5S. The summed E-state index contributed by atoms with van der Waals surface area (Å²) < 4.78 is 32.5. The fraction of sp³-hybridized carbons (Fsp3) is 0.167. The van der Waals surface area contributed by atoms with Gasteiger partial charge in [-0.05, 0) is 35.9 Å². The van der Waals surface area contributed by atoms with E-state index in [1.54, 1.807) is 47.9 Å². The lowest BCUT2D eigenvalue weighted by Gasteiger charge is -2.25. The highest BCUT2D eigenvalue weighted by Crippen LogP contribution is 2.44. The number of benzene rings is 2. The van der Waals surface area contributed by atoms with Crippen LogP contribution in [0.3, 0.4) is 0 Å².